The number of nitrogens with two attached hydrogens (primary N) is 1. The molecule has 0 aromatic heterocycles. The summed E-state index contributed by atoms with van der Waals surface area (Å²) < 4.78 is 0. The SMILES string of the molecule is CCC(C)[C@H](O)[C@H](N)c1cc(C)cc(C)c1.Cl. The van der Waals surface area contributed by atoms with Crippen LogP contribution in [0.3, 0.4) is 0 Å². The number of hydrogen-bond acceptors (Lipinski definition) is 2. The van der Waals surface area contributed by atoms with Crippen LogP contribution in [0.15, 0.2) is 18.2 Å². The molecule has 17 heavy (non-hydrogen) atoms. The van der Waals surface area contributed by atoms with Gasteiger partial charge in [-0.05, 0) is 25.3 Å². The summed E-state index contributed by atoms with van der Waals surface area (Å²) in [6, 6.07) is 5.95. The fourth-order valence-electron chi connectivity index (χ4n) is 1.99. The maximum absolute atomic E-state index is 10.1. The van der Waals surface area contributed by atoms with Crippen molar-refractivity contribution >= 4 is 12.4 Å². The third-order valence-electron chi connectivity index (χ3n) is 3.22. The van der Waals surface area contributed by atoms with Crippen LogP contribution in [0.5, 0.6) is 0 Å². The van der Waals surface area contributed by atoms with Gasteiger partial charge < -0.3 is 10.8 Å². The van der Waals surface area contributed by atoms with Gasteiger partial charge in [0.05, 0.1) is 12.1 Å². The second kappa shape index (κ2) is 7.00. The molecule has 3 heteroatoms. The van der Waals surface area contributed by atoms with Crippen LogP contribution in [0.4, 0.5) is 0 Å². The van der Waals surface area contributed by atoms with Gasteiger partial charge >= 0.3 is 0 Å². The summed E-state index contributed by atoms with van der Waals surface area (Å²) in [4.78, 5) is 0. The summed E-state index contributed by atoms with van der Waals surface area (Å²) in [5.41, 5.74) is 9.53. The Morgan fingerprint density at radius 3 is 2.06 bits per heavy atom. The molecule has 1 unspecified atom stereocenters. The van der Waals surface area contributed by atoms with Gasteiger partial charge in [-0.1, -0.05) is 49.6 Å². The molecule has 98 valence electrons. The van der Waals surface area contributed by atoms with Gasteiger partial charge in [0.15, 0.2) is 0 Å². The van der Waals surface area contributed by atoms with E-state index in [1.54, 1.807) is 0 Å². The maximum Gasteiger partial charge on any atom is 0.0758 e. The largest absolute Gasteiger partial charge is 0.391 e. The molecule has 1 rings (SSSR count). The van der Waals surface area contributed by atoms with Crippen molar-refractivity contribution in [2.45, 2.75) is 46.3 Å². The molecule has 3 atom stereocenters. The summed E-state index contributed by atoms with van der Waals surface area (Å²) in [6.07, 6.45) is 0.478. The fraction of sp³-hybridized carbons (Fsp3) is 0.571. The Balaban J connectivity index is 0.00000256. The van der Waals surface area contributed by atoms with Gasteiger partial charge in [0, 0.05) is 0 Å². The Morgan fingerprint density at radius 2 is 1.65 bits per heavy atom. The van der Waals surface area contributed by atoms with E-state index < -0.39 is 6.10 Å². The Morgan fingerprint density at radius 1 is 1.18 bits per heavy atom. The van der Waals surface area contributed by atoms with Crippen molar-refractivity contribution in [3.8, 4) is 0 Å². The van der Waals surface area contributed by atoms with Gasteiger partial charge in [0.1, 0.15) is 0 Å². The number of halogens is 1. The molecule has 0 spiro atoms. The number of aliphatic hydroxyl groups excluding tert-OH is 1. The van der Waals surface area contributed by atoms with Crippen molar-refractivity contribution < 1.29 is 5.11 Å². The smallest absolute Gasteiger partial charge is 0.0758 e. The van der Waals surface area contributed by atoms with Crippen molar-refractivity contribution in [3.05, 3.63) is 34.9 Å². The van der Waals surface area contributed by atoms with Crippen LogP contribution < -0.4 is 5.73 Å². The average Bonchev–Trinajstić information content (AvgIpc) is 2.24. The summed E-state index contributed by atoms with van der Waals surface area (Å²) in [5, 5.41) is 10.1. The van der Waals surface area contributed by atoms with Gasteiger partial charge in [-0.3, -0.25) is 0 Å². The predicted octanol–water partition coefficient (Wildman–Crippen LogP) is 3.13. The Kier molecular flexibility index (Phi) is 6.76. The zero-order valence-corrected chi connectivity index (χ0v) is 11.9. The highest BCUT2D eigenvalue weighted by Gasteiger charge is 2.21. The first-order valence-corrected chi connectivity index (χ1v) is 5.97. The summed E-state index contributed by atoms with van der Waals surface area (Å²) in [6.45, 7) is 8.22. The number of rotatable bonds is 4. The molecular weight excluding hydrogens is 234 g/mol. The number of aryl methyl sites for hydroxylation is 2. The molecule has 1 aromatic rings. The minimum atomic E-state index is -0.466. The Bertz CT molecular complexity index is 334. The lowest BCUT2D eigenvalue weighted by Gasteiger charge is -2.24. The molecule has 0 saturated heterocycles. The van der Waals surface area contributed by atoms with Crippen LogP contribution in [0, 0.1) is 19.8 Å². The van der Waals surface area contributed by atoms with Gasteiger partial charge in [-0.2, -0.15) is 0 Å². The van der Waals surface area contributed by atoms with E-state index in [1.807, 2.05) is 6.92 Å². The topological polar surface area (TPSA) is 46.2 Å². The van der Waals surface area contributed by atoms with E-state index in [-0.39, 0.29) is 24.4 Å². The first-order chi connectivity index (χ1) is 7.45. The molecule has 0 amide bonds. The van der Waals surface area contributed by atoms with Crippen molar-refractivity contribution in [1.82, 2.24) is 0 Å². The lowest BCUT2D eigenvalue weighted by atomic mass is 9.90. The van der Waals surface area contributed by atoms with Gasteiger partial charge in [0.2, 0.25) is 0 Å². The molecule has 2 nitrogen and oxygen atoms in total. The second-order valence-electron chi connectivity index (χ2n) is 4.82. The average molecular weight is 258 g/mol. The molecule has 0 radical (unpaired) electrons. The normalized spacial score (nSPS) is 15.9. The lowest BCUT2D eigenvalue weighted by Crippen LogP contribution is -2.31. The molecule has 0 fully saturated rings. The van der Waals surface area contributed by atoms with Crippen molar-refractivity contribution in [2.24, 2.45) is 11.7 Å². The van der Waals surface area contributed by atoms with Crippen LogP contribution in [0.25, 0.3) is 0 Å². The molecule has 3 N–H and O–H groups in total. The maximum atomic E-state index is 10.1. The van der Waals surface area contributed by atoms with Crippen LogP contribution in [0.2, 0.25) is 0 Å². The van der Waals surface area contributed by atoms with E-state index in [9.17, 15) is 5.11 Å². The minimum absolute atomic E-state index is 0. The van der Waals surface area contributed by atoms with Crippen LogP contribution in [-0.4, -0.2) is 11.2 Å². The van der Waals surface area contributed by atoms with Gasteiger partial charge in [-0.15, -0.1) is 12.4 Å². The summed E-state index contributed by atoms with van der Waals surface area (Å²) in [7, 11) is 0. The van der Waals surface area contributed by atoms with E-state index in [2.05, 4.69) is 39.0 Å². The fourth-order valence-corrected chi connectivity index (χ4v) is 1.99. The zero-order chi connectivity index (χ0) is 12.3. The summed E-state index contributed by atoms with van der Waals surface area (Å²) >= 11 is 0. The van der Waals surface area contributed by atoms with E-state index in [0.717, 1.165) is 12.0 Å². The Labute approximate surface area is 111 Å². The van der Waals surface area contributed by atoms with Crippen LogP contribution in [0.1, 0.15) is 43.0 Å². The first-order valence-electron chi connectivity index (χ1n) is 5.97. The highest BCUT2D eigenvalue weighted by Crippen LogP contribution is 2.23. The second-order valence-corrected chi connectivity index (χ2v) is 4.82. The molecule has 0 heterocycles. The molecule has 0 saturated carbocycles. The van der Waals surface area contributed by atoms with E-state index in [4.69, 9.17) is 5.73 Å². The molecule has 0 aliphatic rings. The number of benzene rings is 1. The Hall–Kier alpha value is -0.570. The van der Waals surface area contributed by atoms with E-state index in [0.29, 0.717) is 0 Å². The molecule has 0 aliphatic heterocycles. The van der Waals surface area contributed by atoms with Crippen LogP contribution in [-0.2, 0) is 0 Å². The quantitative estimate of drug-likeness (QED) is 0.871. The molecular formula is C14H24ClNO. The minimum Gasteiger partial charge on any atom is -0.391 e. The number of aliphatic hydroxyl groups is 1. The number of hydrogen-bond donors (Lipinski definition) is 2. The standard InChI is InChI=1S/C14H23NO.ClH/c1-5-11(4)14(16)13(15)12-7-9(2)6-10(3)8-12;/h6-8,11,13-14,16H,5,15H2,1-4H3;1H/t11?,13-,14+;/m1./s1. The van der Waals surface area contributed by atoms with Gasteiger partial charge in [-0.25, -0.2) is 0 Å². The lowest BCUT2D eigenvalue weighted by molar-refractivity contribution is 0.0879. The highest BCUT2D eigenvalue weighted by molar-refractivity contribution is 5.85. The third-order valence-corrected chi connectivity index (χ3v) is 3.22. The van der Waals surface area contributed by atoms with E-state index >= 15 is 0 Å². The van der Waals surface area contributed by atoms with E-state index in [1.165, 1.54) is 11.1 Å². The molecule has 0 bridgehead atoms. The van der Waals surface area contributed by atoms with Crippen LogP contribution >= 0.6 is 12.4 Å². The van der Waals surface area contributed by atoms with Gasteiger partial charge in [0.25, 0.3) is 0 Å². The zero-order valence-electron chi connectivity index (χ0n) is 11.1. The third kappa shape index (κ3) is 4.30. The first kappa shape index (κ1) is 16.4. The molecule has 1 aromatic carbocycles. The van der Waals surface area contributed by atoms with Crippen molar-refractivity contribution in [3.63, 3.8) is 0 Å². The monoisotopic (exact) mass is 257 g/mol. The predicted molar refractivity (Wildman–Crippen MR) is 75.6 cm³/mol. The van der Waals surface area contributed by atoms with Crippen molar-refractivity contribution in [1.29, 1.82) is 0 Å². The highest BCUT2D eigenvalue weighted by atomic mass is 35.5. The summed E-state index contributed by atoms with van der Waals surface area (Å²) in [5.74, 6) is 0.232. The molecule has 0 aliphatic carbocycles. The van der Waals surface area contributed by atoms with Crippen molar-refractivity contribution in [2.75, 3.05) is 0 Å².